The zero-order valence-corrected chi connectivity index (χ0v) is 27.5. The predicted molar refractivity (Wildman–Crippen MR) is 175 cm³/mol. The van der Waals surface area contributed by atoms with E-state index >= 15 is 0 Å². The van der Waals surface area contributed by atoms with Crippen LogP contribution in [0, 0.1) is 16.2 Å². The van der Waals surface area contributed by atoms with Crippen LogP contribution in [0.4, 0.5) is 0 Å². The molecule has 0 N–H and O–H groups in total. The number of fused-ring (bicyclic) bond motifs is 1. The molecule has 0 heterocycles. The molecule has 0 radical (unpaired) electrons. The molecule has 1 aromatic carbocycles. The van der Waals surface area contributed by atoms with Crippen molar-refractivity contribution in [3.05, 3.63) is 99.7 Å². The normalized spacial score (nSPS) is 19.4. The lowest BCUT2D eigenvalue weighted by Crippen LogP contribution is -2.24. The Morgan fingerprint density at radius 2 is 1.62 bits per heavy atom. The Morgan fingerprint density at radius 3 is 2.13 bits per heavy atom. The van der Waals surface area contributed by atoms with Crippen molar-refractivity contribution in [1.29, 1.82) is 0 Å². The second kappa shape index (κ2) is 11.3. The van der Waals surface area contributed by atoms with E-state index in [-0.39, 0.29) is 21.7 Å². The van der Waals surface area contributed by atoms with Gasteiger partial charge in [-0.2, -0.15) is 0 Å². The summed E-state index contributed by atoms with van der Waals surface area (Å²) in [6.45, 7) is 30.4. The SMILES string of the molecule is C/C=C(\C=C/C/C(=C/CC(C)(C)C)C1=C(C)C(C(C)(C)C2=CCC=C2)c2cc(C(C)(C)C)ccc21)C(C)(C)C. The highest BCUT2D eigenvalue weighted by atomic mass is 14.5. The molecule has 0 heteroatoms. The molecule has 39 heavy (non-hydrogen) atoms. The van der Waals surface area contributed by atoms with Crippen LogP contribution in [0.5, 0.6) is 0 Å². The van der Waals surface area contributed by atoms with Gasteiger partial charge in [-0.1, -0.05) is 142 Å². The quantitative estimate of drug-likeness (QED) is 0.311. The number of benzene rings is 1. The van der Waals surface area contributed by atoms with Gasteiger partial charge >= 0.3 is 0 Å². The molecule has 0 aliphatic heterocycles. The third kappa shape index (κ3) is 7.06. The summed E-state index contributed by atoms with van der Waals surface area (Å²) in [6, 6.07) is 7.35. The van der Waals surface area contributed by atoms with E-state index < -0.39 is 0 Å². The Bertz CT molecular complexity index is 1240. The van der Waals surface area contributed by atoms with E-state index in [1.54, 1.807) is 0 Å². The average molecular weight is 525 g/mol. The van der Waals surface area contributed by atoms with Gasteiger partial charge in [-0.15, -0.1) is 0 Å². The lowest BCUT2D eigenvalue weighted by atomic mass is 9.68. The van der Waals surface area contributed by atoms with E-state index in [1.807, 2.05) is 0 Å². The highest BCUT2D eigenvalue weighted by Crippen LogP contribution is 2.56. The van der Waals surface area contributed by atoms with Crippen LogP contribution in [0.25, 0.3) is 5.57 Å². The topological polar surface area (TPSA) is 0 Å². The van der Waals surface area contributed by atoms with Crippen molar-refractivity contribution in [3.63, 3.8) is 0 Å². The molecule has 0 saturated carbocycles. The molecule has 0 spiro atoms. The van der Waals surface area contributed by atoms with Gasteiger partial charge in [-0.05, 0) is 93.8 Å². The zero-order valence-electron chi connectivity index (χ0n) is 27.5. The molecule has 0 amide bonds. The minimum Gasteiger partial charge on any atom is -0.0839 e. The third-order valence-electron chi connectivity index (χ3n) is 8.66. The van der Waals surface area contributed by atoms with Gasteiger partial charge in [0.25, 0.3) is 0 Å². The van der Waals surface area contributed by atoms with Gasteiger partial charge in [-0.25, -0.2) is 0 Å². The maximum atomic E-state index is 2.54. The molecule has 0 bridgehead atoms. The van der Waals surface area contributed by atoms with Crippen LogP contribution in [0.15, 0.2) is 83.0 Å². The minimum absolute atomic E-state index is 0.0272. The van der Waals surface area contributed by atoms with Crippen molar-refractivity contribution in [1.82, 2.24) is 0 Å². The van der Waals surface area contributed by atoms with Crippen LogP contribution in [0.3, 0.4) is 0 Å². The summed E-state index contributed by atoms with van der Waals surface area (Å²) in [4.78, 5) is 0. The van der Waals surface area contributed by atoms with E-state index in [9.17, 15) is 0 Å². The zero-order chi connectivity index (χ0) is 29.4. The summed E-state index contributed by atoms with van der Waals surface area (Å²) < 4.78 is 0. The van der Waals surface area contributed by atoms with Gasteiger partial charge in [-0.3, -0.25) is 0 Å². The van der Waals surface area contributed by atoms with Crippen molar-refractivity contribution < 1.29 is 0 Å². The van der Waals surface area contributed by atoms with E-state index in [0.29, 0.717) is 5.92 Å². The summed E-state index contributed by atoms with van der Waals surface area (Å²) in [5.41, 5.74) is 12.3. The monoisotopic (exact) mass is 524 g/mol. The molecular weight excluding hydrogens is 468 g/mol. The van der Waals surface area contributed by atoms with E-state index in [4.69, 9.17) is 0 Å². The van der Waals surface area contributed by atoms with E-state index in [1.165, 1.54) is 44.6 Å². The fourth-order valence-electron chi connectivity index (χ4n) is 6.35. The first kappa shape index (κ1) is 31.2. The number of allylic oxidation sites excluding steroid dienone is 12. The van der Waals surface area contributed by atoms with Crippen LogP contribution in [-0.2, 0) is 5.41 Å². The van der Waals surface area contributed by atoms with Gasteiger partial charge < -0.3 is 0 Å². The third-order valence-corrected chi connectivity index (χ3v) is 8.66. The lowest BCUT2D eigenvalue weighted by molar-refractivity contribution is 0.396. The number of rotatable bonds is 7. The Morgan fingerprint density at radius 1 is 0.949 bits per heavy atom. The van der Waals surface area contributed by atoms with Crippen molar-refractivity contribution in [2.45, 2.75) is 121 Å². The summed E-state index contributed by atoms with van der Waals surface area (Å²) in [7, 11) is 0. The molecule has 0 fully saturated rings. The van der Waals surface area contributed by atoms with Gasteiger partial charge in [0, 0.05) is 5.92 Å². The summed E-state index contributed by atoms with van der Waals surface area (Å²) in [5, 5.41) is 0. The second-order valence-electron chi connectivity index (χ2n) is 15.7. The Labute approximate surface area is 241 Å². The fourth-order valence-corrected chi connectivity index (χ4v) is 6.35. The molecule has 0 saturated heterocycles. The minimum atomic E-state index is 0.0272. The van der Waals surface area contributed by atoms with Gasteiger partial charge in [0.05, 0.1) is 0 Å². The summed E-state index contributed by atoms with van der Waals surface area (Å²) in [6.07, 6.45) is 19.7. The molecule has 1 aromatic rings. The van der Waals surface area contributed by atoms with Crippen LogP contribution < -0.4 is 0 Å². The Hall–Kier alpha value is -2.34. The number of hydrogen-bond acceptors (Lipinski definition) is 0. The standard InChI is InChI=1S/C39H56/c1-14-29(37(6,7)8)21-17-18-28(24-25-36(3,4)5)34-27(2)35(39(12,13)30-19-15-16-20-30)33-26-31(38(9,10)11)22-23-32(33)34/h14-15,17,19-24,26,35H,16,18,25H2,1-13H3/b21-17-,28-24-,29-14+. The molecular formula is C39H56. The molecule has 1 atom stereocenters. The maximum absolute atomic E-state index is 2.54. The molecule has 0 nitrogen and oxygen atoms in total. The van der Waals surface area contributed by atoms with Crippen molar-refractivity contribution in [2.75, 3.05) is 0 Å². The first-order valence-electron chi connectivity index (χ1n) is 15.1. The van der Waals surface area contributed by atoms with Gasteiger partial charge in [0.2, 0.25) is 0 Å². The summed E-state index contributed by atoms with van der Waals surface area (Å²) in [5.74, 6) is 0.362. The van der Waals surface area contributed by atoms with Crippen LogP contribution in [0.1, 0.15) is 132 Å². The van der Waals surface area contributed by atoms with Crippen molar-refractivity contribution in [2.24, 2.45) is 16.2 Å². The van der Waals surface area contributed by atoms with Crippen LogP contribution in [-0.4, -0.2) is 0 Å². The highest BCUT2D eigenvalue weighted by Gasteiger charge is 2.42. The van der Waals surface area contributed by atoms with Crippen molar-refractivity contribution >= 4 is 5.57 Å². The van der Waals surface area contributed by atoms with Gasteiger partial charge in [0.15, 0.2) is 0 Å². The molecule has 212 valence electrons. The smallest absolute Gasteiger partial charge is 0.0152 e. The Kier molecular flexibility index (Phi) is 9.01. The van der Waals surface area contributed by atoms with Gasteiger partial charge in [0.1, 0.15) is 0 Å². The largest absolute Gasteiger partial charge is 0.0839 e. The van der Waals surface area contributed by atoms with Crippen LogP contribution in [0.2, 0.25) is 0 Å². The Balaban J connectivity index is 2.21. The summed E-state index contributed by atoms with van der Waals surface area (Å²) >= 11 is 0. The average Bonchev–Trinajstić information content (AvgIpc) is 3.43. The molecule has 1 unspecified atom stereocenters. The highest BCUT2D eigenvalue weighted by molar-refractivity contribution is 5.89. The maximum Gasteiger partial charge on any atom is 0.0152 e. The second-order valence-corrected chi connectivity index (χ2v) is 15.7. The first-order chi connectivity index (χ1) is 17.9. The molecule has 0 aromatic heterocycles. The number of hydrogen-bond donors (Lipinski definition) is 0. The first-order valence-corrected chi connectivity index (χ1v) is 15.1. The van der Waals surface area contributed by atoms with E-state index in [0.717, 1.165) is 19.3 Å². The predicted octanol–water partition coefficient (Wildman–Crippen LogP) is 12.1. The molecule has 3 rings (SSSR count). The molecule has 2 aliphatic rings. The van der Waals surface area contributed by atoms with Crippen molar-refractivity contribution in [3.8, 4) is 0 Å². The van der Waals surface area contributed by atoms with E-state index in [2.05, 4.69) is 151 Å². The molecule has 2 aliphatic carbocycles. The fraction of sp³-hybridized carbons (Fsp3) is 0.538. The lowest BCUT2D eigenvalue weighted by Gasteiger charge is -2.35. The van der Waals surface area contributed by atoms with Crippen LogP contribution >= 0.6 is 0 Å².